The topological polar surface area (TPSA) is 78.9 Å². The largest absolute Gasteiger partial charge is 0.476 e. The second-order valence-electron chi connectivity index (χ2n) is 3.88. The highest BCUT2D eigenvalue weighted by Crippen LogP contribution is 2.27. The number of rotatable bonds is 3. The number of aromatic nitrogens is 3. The van der Waals surface area contributed by atoms with Crippen molar-refractivity contribution in [3.63, 3.8) is 0 Å². The minimum atomic E-state index is -1.07. The summed E-state index contributed by atoms with van der Waals surface area (Å²) in [5.41, 5.74) is 1.00. The standard InChI is InChI=1S/C13H9N3O2S/c17-13(18)10-5-6-11(16-15-10)19-12-7-8-3-1-2-4-9(8)14-12/h1-7,14H,(H,17,18). The van der Waals surface area contributed by atoms with Gasteiger partial charge in [0.05, 0.1) is 5.03 Å². The van der Waals surface area contributed by atoms with Gasteiger partial charge in [0.25, 0.3) is 0 Å². The number of fused-ring (bicyclic) bond motifs is 1. The van der Waals surface area contributed by atoms with E-state index in [1.807, 2.05) is 30.3 Å². The summed E-state index contributed by atoms with van der Waals surface area (Å²) in [6, 6.07) is 13.1. The molecule has 0 aliphatic rings. The highest BCUT2D eigenvalue weighted by atomic mass is 32.2. The molecule has 0 aliphatic carbocycles. The Hall–Kier alpha value is -2.34. The molecule has 0 atom stereocenters. The molecule has 2 N–H and O–H groups in total. The van der Waals surface area contributed by atoms with Gasteiger partial charge < -0.3 is 10.1 Å². The van der Waals surface area contributed by atoms with Crippen molar-refractivity contribution in [2.75, 3.05) is 0 Å². The van der Waals surface area contributed by atoms with Crippen LogP contribution in [0.15, 0.2) is 52.5 Å². The van der Waals surface area contributed by atoms with Gasteiger partial charge in [-0.25, -0.2) is 4.79 Å². The molecule has 0 bridgehead atoms. The number of aromatic carboxylic acids is 1. The van der Waals surface area contributed by atoms with E-state index in [0.29, 0.717) is 5.03 Å². The molecule has 94 valence electrons. The number of carboxylic acid groups (broad SMARTS) is 1. The Morgan fingerprint density at radius 2 is 2.00 bits per heavy atom. The van der Waals surface area contributed by atoms with Gasteiger partial charge in [-0.1, -0.05) is 30.0 Å². The van der Waals surface area contributed by atoms with Crippen LogP contribution in [0.3, 0.4) is 0 Å². The van der Waals surface area contributed by atoms with Crippen LogP contribution in [0.4, 0.5) is 0 Å². The summed E-state index contributed by atoms with van der Waals surface area (Å²) in [6.45, 7) is 0. The first-order valence-electron chi connectivity index (χ1n) is 5.55. The summed E-state index contributed by atoms with van der Waals surface area (Å²) in [4.78, 5) is 13.9. The number of nitrogens with zero attached hydrogens (tertiary/aromatic N) is 2. The molecule has 0 saturated heterocycles. The van der Waals surface area contributed by atoms with E-state index in [9.17, 15) is 4.79 Å². The lowest BCUT2D eigenvalue weighted by molar-refractivity contribution is 0.0689. The third-order valence-corrected chi connectivity index (χ3v) is 3.45. The van der Waals surface area contributed by atoms with Crippen LogP contribution in [0.1, 0.15) is 10.5 Å². The van der Waals surface area contributed by atoms with Gasteiger partial charge in [0.1, 0.15) is 5.03 Å². The van der Waals surface area contributed by atoms with Crippen LogP contribution in [-0.4, -0.2) is 26.3 Å². The highest BCUT2D eigenvalue weighted by molar-refractivity contribution is 7.99. The van der Waals surface area contributed by atoms with Gasteiger partial charge in [0.2, 0.25) is 0 Å². The minimum absolute atomic E-state index is 0.0546. The Balaban J connectivity index is 1.86. The van der Waals surface area contributed by atoms with Gasteiger partial charge in [-0.2, -0.15) is 0 Å². The number of carbonyl (C=O) groups is 1. The van der Waals surface area contributed by atoms with Crippen LogP contribution in [0.2, 0.25) is 0 Å². The Labute approximate surface area is 112 Å². The zero-order valence-corrected chi connectivity index (χ0v) is 10.5. The molecule has 3 aromatic rings. The average molecular weight is 271 g/mol. The van der Waals surface area contributed by atoms with Crippen molar-refractivity contribution in [1.82, 2.24) is 15.2 Å². The number of carboxylic acids is 1. The SMILES string of the molecule is O=C(O)c1ccc(Sc2cc3ccccc3[nH]2)nn1. The van der Waals surface area contributed by atoms with Gasteiger partial charge >= 0.3 is 5.97 Å². The first kappa shape index (κ1) is 11.7. The Bertz CT molecular complexity index is 704. The number of benzene rings is 1. The highest BCUT2D eigenvalue weighted by Gasteiger charge is 2.07. The van der Waals surface area contributed by atoms with Crippen molar-refractivity contribution in [3.05, 3.63) is 48.2 Å². The van der Waals surface area contributed by atoms with E-state index in [2.05, 4.69) is 15.2 Å². The zero-order valence-electron chi connectivity index (χ0n) is 9.70. The van der Waals surface area contributed by atoms with Crippen molar-refractivity contribution in [2.45, 2.75) is 10.1 Å². The average Bonchev–Trinajstić information content (AvgIpc) is 2.81. The van der Waals surface area contributed by atoms with Gasteiger partial charge in [-0.3, -0.25) is 0 Å². The zero-order chi connectivity index (χ0) is 13.2. The first-order chi connectivity index (χ1) is 9.22. The van der Waals surface area contributed by atoms with Gasteiger partial charge in [0.15, 0.2) is 5.69 Å². The summed E-state index contributed by atoms with van der Waals surface area (Å²) in [5.74, 6) is -1.07. The quantitative estimate of drug-likeness (QED) is 0.765. The van der Waals surface area contributed by atoms with E-state index in [0.717, 1.165) is 15.9 Å². The second kappa shape index (κ2) is 4.74. The summed E-state index contributed by atoms with van der Waals surface area (Å²) in [5, 5.41) is 19.0. The fourth-order valence-electron chi connectivity index (χ4n) is 1.70. The van der Waals surface area contributed by atoms with Crippen LogP contribution in [0.5, 0.6) is 0 Å². The molecule has 0 radical (unpaired) electrons. The van der Waals surface area contributed by atoms with E-state index in [1.54, 1.807) is 6.07 Å². The molecule has 6 heteroatoms. The predicted octanol–water partition coefficient (Wildman–Crippen LogP) is 2.81. The molecule has 0 saturated carbocycles. The van der Waals surface area contributed by atoms with E-state index >= 15 is 0 Å². The van der Waals surface area contributed by atoms with Crippen LogP contribution in [0, 0.1) is 0 Å². The molecule has 0 spiro atoms. The number of hydrogen-bond acceptors (Lipinski definition) is 4. The van der Waals surface area contributed by atoms with Gasteiger partial charge in [-0.15, -0.1) is 10.2 Å². The number of para-hydroxylation sites is 1. The molecule has 2 heterocycles. The Morgan fingerprint density at radius 3 is 2.68 bits per heavy atom. The van der Waals surface area contributed by atoms with E-state index in [-0.39, 0.29) is 5.69 Å². The van der Waals surface area contributed by atoms with Gasteiger partial charge in [-0.05, 0) is 24.3 Å². The van der Waals surface area contributed by atoms with Crippen LogP contribution in [0.25, 0.3) is 10.9 Å². The molecule has 0 aliphatic heterocycles. The monoisotopic (exact) mass is 271 g/mol. The molecule has 0 fully saturated rings. The normalized spacial score (nSPS) is 10.7. The Morgan fingerprint density at radius 1 is 1.16 bits per heavy atom. The maximum absolute atomic E-state index is 10.7. The molecular formula is C13H9N3O2S. The number of H-pyrrole nitrogens is 1. The van der Waals surface area contributed by atoms with Crippen molar-refractivity contribution in [3.8, 4) is 0 Å². The fraction of sp³-hybridized carbons (Fsp3) is 0. The summed E-state index contributed by atoms with van der Waals surface area (Å²) in [7, 11) is 0. The van der Waals surface area contributed by atoms with Crippen LogP contribution >= 0.6 is 11.8 Å². The lowest BCUT2D eigenvalue weighted by atomic mass is 10.3. The molecule has 0 unspecified atom stereocenters. The molecule has 19 heavy (non-hydrogen) atoms. The molecule has 1 aromatic carbocycles. The lowest BCUT2D eigenvalue weighted by Crippen LogP contribution is -2.01. The van der Waals surface area contributed by atoms with Crippen molar-refractivity contribution >= 4 is 28.6 Å². The third-order valence-electron chi connectivity index (χ3n) is 2.58. The predicted molar refractivity (Wildman–Crippen MR) is 71.4 cm³/mol. The van der Waals surface area contributed by atoms with E-state index in [4.69, 9.17) is 5.11 Å². The van der Waals surface area contributed by atoms with Crippen molar-refractivity contribution < 1.29 is 9.90 Å². The Kier molecular flexibility index (Phi) is 2.92. The maximum Gasteiger partial charge on any atom is 0.356 e. The molecule has 3 rings (SSSR count). The summed E-state index contributed by atoms with van der Waals surface area (Å²) >= 11 is 1.41. The molecule has 2 aromatic heterocycles. The molecule has 5 nitrogen and oxygen atoms in total. The lowest BCUT2D eigenvalue weighted by Gasteiger charge is -1.97. The number of aromatic amines is 1. The van der Waals surface area contributed by atoms with Crippen LogP contribution < -0.4 is 0 Å². The first-order valence-corrected chi connectivity index (χ1v) is 6.37. The molecule has 0 amide bonds. The smallest absolute Gasteiger partial charge is 0.356 e. The van der Waals surface area contributed by atoms with E-state index < -0.39 is 5.97 Å². The number of hydrogen-bond donors (Lipinski definition) is 2. The number of nitrogens with one attached hydrogen (secondary N) is 1. The van der Waals surface area contributed by atoms with Crippen LogP contribution in [-0.2, 0) is 0 Å². The van der Waals surface area contributed by atoms with Crippen molar-refractivity contribution in [1.29, 1.82) is 0 Å². The fourth-order valence-corrected chi connectivity index (χ4v) is 2.49. The minimum Gasteiger partial charge on any atom is -0.476 e. The second-order valence-corrected chi connectivity index (χ2v) is 4.95. The summed E-state index contributed by atoms with van der Waals surface area (Å²) < 4.78 is 0. The third kappa shape index (κ3) is 2.43. The summed E-state index contributed by atoms with van der Waals surface area (Å²) in [6.07, 6.45) is 0. The van der Waals surface area contributed by atoms with E-state index in [1.165, 1.54) is 17.8 Å². The molecular weight excluding hydrogens is 262 g/mol. The van der Waals surface area contributed by atoms with Crippen molar-refractivity contribution in [2.24, 2.45) is 0 Å². The maximum atomic E-state index is 10.7. The van der Waals surface area contributed by atoms with Gasteiger partial charge in [0, 0.05) is 10.9 Å².